The van der Waals surface area contributed by atoms with E-state index in [9.17, 15) is 0 Å². The third-order valence-electron chi connectivity index (χ3n) is 3.09. The van der Waals surface area contributed by atoms with Gasteiger partial charge in [-0.05, 0) is 33.5 Å². The van der Waals surface area contributed by atoms with Crippen molar-refractivity contribution in [2.24, 2.45) is 0 Å². The quantitative estimate of drug-likeness (QED) is 0.644. The van der Waals surface area contributed by atoms with Gasteiger partial charge in [-0.15, -0.1) is 0 Å². The molecule has 0 aromatic rings. The number of methoxy groups -OCH3 is 2. The van der Waals surface area contributed by atoms with E-state index in [1.54, 1.807) is 14.2 Å². The van der Waals surface area contributed by atoms with Gasteiger partial charge in [0.15, 0.2) is 6.29 Å². The van der Waals surface area contributed by atoms with Gasteiger partial charge >= 0.3 is 0 Å². The fourth-order valence-corrected chi connectivity index (χ4v) is 2.13. The largest absolute Gasteiger partial charge is 0.355 e. The minimum atomic E-state index is -0.101. The van der Waals surface area contributed by atoms with Crippen LogP contribution in [0.15, 0.2) is 0 Å². The highest BCUT2D eigenvalue weighted by Gasteiger charge is 2.22. The maximum atomic E-state index is 5.24. The Kier molecular flexibility index (Phi) is 5.53. The lowest BCUT2D eigenvalue weighted by atomic mass is 10.2. The summed E-state index contributed by atoms with van der Waals surface area (Å²) in [5, 5.41) is 0. The predicted octanol–water partition coefficient (Wildman–Crippen LogP) is 0.631. The zero-order chi connectivity index (χ0) is 11.3. The molecule has 1 fully saturated rings. The molecule has 0 aromatic carbocycles. The van der Waals surface area contributed by atoms with Crippen molar-refractivity contribution in [1.82, 2.24) is 9.80 Å². The van der Waals surface area contributed by atoms with Crippen LogP contribution in [-0.4, -0.2) is 69.6 Å². The van der Waals surface area contributed by atoms with E-state index in [0.29, 0.717) is 6.04 Å². The lowest BCUT2D eigenvalue weighted by molar-refractivity contribution is -0.119. The molecule has 0 radical (unpaired) electrons. The van der Waals surface area contributed by atoms with Gasteiger partial charge in [-0.1, -0.05) is 0 Å². The minimum absolute atomic E-state index is 0.101. The molecule has 1 heterocycles. The monoisotopic (exact) mass is 216 g/mol. The molecule has 0 saturated carbocycles. The van der Waals surface area contributed by atoms with E-state index in [-0.39, 0.29) is 6.29 Å². The maximum absolute atomic E-state index is 5.24. The summed E-state index contributed by atoms with van der Waals surface area (Å²) in [6, 6.07) is 0.574. The molecule has 1 unspecified atom stereocenters. The maximum Gasteiger partial charge on any atom is 0.169 e. The molecule has 1 aliphatic rings. The van der Waals surface area contributed by atoms with Crippen LogP contribution in [0.2, 0.25) is 0 Å². The van der Waals surface area contributed by atoms with Gasteiger partial charge in [-0.25, -0.2) is 0 Å². The third kappa shape index (κ3) is 4.07. The van der Waals surface area contributed by atoms with Crippen molar-refractivity contribution >= 4 is 0 Å². The van der Waals surface area contributed by atoms with Crippen LogP contribution in [0, 0.1) is 0 Å². The molecule has 0 bridgehead atoms. The van der Waals surface area contributed by atoms with E-state index in [4.69, 9.17) is 9.47 Å². The van der Waals surface area contributed by atoms with E-state index >= 15 is 0 Å². The van der Waals surface area contributed by atoms with Crippen molar-refractivity contribution in [3.05, 3.63) is 0 Å². The molecule has 0 N–H and O–H groups in total. The summed E-state index contributed by atoms with van der Waals surface area (Å²) in [5.74, 6) is 0. The normalized spacial score (nSPS) is 25.8. The number of nitrogens with zero attached hydrogens (tertiary/aromatic N) is 2. The average molecular weight is 216 g/mol. The molecule has 1 aliphatic heterocycles. The summed E-state index contributed by atoms with van der Waals surface area (Å²) in [6.45, 7) is 6.58. The van der Waals surface area contributed by atoms with Crippen molar-refractivity contribution in [3.8, 4) is 0 Å². The molecular formula is C11H24N2O2. The first-order valence-corrected chi connectivity index (χ1v) is 5.65. The Morgan fingerprint density at radius 3 is 2.53 bits per heavy atom. The Balaban J connectivity index is 2.44. The topological polar surface area (TPSA) is 24.9 Å². The second-order valence-electron chi connectivity index (χ2n) is 4.36. The number of likely N-dealkylation sites (N-methyl/N-ethyl adjacent to an activating group) is 1. The number of hydrogen-bond acceptors (Lipinski definition) is 4. The molecule has 1 saturated heterocycles. The Hall–Kier alpha value is -0.160. The van der Waals surface area contributed by atoms with Crippen molar-refractivity contribution in [2.45, 2.75) is 25.7 Å². The number of rotatable bonds is 4. The highest BCUT2D eigenvalue weighted by molar-refractivity contribution is 4.75. The fourth-order valence-electron chi connectivity index (χ4n) is 2.13. The Labute approximate surface area is 93.1 Å². The molecule has 0 aromatic heterocycles. The van der Waals surface area contributed by atoms with Gasteiger partial charge in [-0.3, -0.25) is 4.90 Å². The average Bonchev–Trinajstić information content (AvgIpc) is 2.36. The van der Waals surface area contributed by atoms with Crippen molar-refractivity contribution in [1.29, 1.82) is 0 Å². The smallest absolute Gasteiger partial charge is 0.169 e. The van der Waals surface area contributed by atoms with Crippen molar-refractivity contribution in [3.63, 3.8) is 0 Å². The highest BCUT2D eigenvalue weighted by Crippen LogP contribution is 2.10. The molecule has 4 heteroatoms. The third-order valence-corrected chi connectivity index (χ3v) is 3.09. The van der Waals surface area contributed by atoms with E-state index in [2.05, 4.69) is 23.8 Å². The first-order chi connectivity index (χ1) is 7.17. The summed E-state index contributed by atoms with van der Waals surface area (Å²) < 4.78 is 10.5. The Bertz CT molecular complexity index is 174. The van der Waals surface area contributed by atoms with Crippen LogP contribution in [0.5, 0.6) is 0 Å². The van der Waals surface area contributed by atoms with Crippen molar-refractivity contribution in [2.75, 3.05) is 47.4 Å². The summed E-state index contributed by atoms with van der Waals surface area (Å²) in [6.07, 6.45) is 1.12. The van der Waals surface area contributed by atoms with Crippen LogP contribution in [0.1, 0.15) is 13.3 Å². The van der Waals surface area contributed by atoms with Gasteiger partial charge in [0.25, 0.3) is 0 Å². The lowest BCUT2D eigenvalue weighted by Gasteiger charge is -2.30. The lowest BCUT2D eigenvalue weighted by Crippen LogP contribution is -2.43. The summed E-state index contributed by atoms with van der Waals surface area (Å²) >= 11 is 0. The standard InChI is InChI=1S/C11H24N2O2/c1-10-8-12(2)6-5-7-13(10)9-11(14-3)15-4/h10-11H,5-9H2,1-4H3. The van der Waals surface area contributed by atoms with Crippen LogP contribution in [-0.2, 0) is 9.47 Å². The van der Waals surface area contributed by atoms with Crippen LogP contribution in [0.4, 0.5) is 0 Å². The molecule has 90 valence electrons. The van der Waals surface area contributed by atoms with Gasteiger partial charge < -0.3 is 14.4 Å². The molecule has 15 heavy (non-hydrogen) atoms. The van der Waals surface area contributed by atoms with Gasteiger partial charge in [-0.2, -0.15) is 0 Å². The molecule has 0 amide bonds. The van der Waals surface area contributed by atoms with Crippen LogP contribution in [0.3, 0.4) is 0 Å². The molecule has 4 nitrogen and oxygen atoms in total. The van der Waals surface area contributed by atoms with E-state index < -0.39 is 0 Å². The highest BCUT2D eigenvalue weighted by atomic mass is 16.7. The molecule has 1 atom stereocenters. The fraction of sp³-hybridized carbons (Fsp3) is 1.00. The van der Waals surface area contributed by atoms with E-state index in [1.165, 1.54) is 13.0 Å². The van der Waals surface area contributed by atoms with Gasteiger partial charge in [0.05, 0.1) is 0 Å². The van der Waals surface area contributed by atoms with Gasteiger partial charge in [0.1, 0.15) is 0 Å². The SMILES string of the molecule is COC(CN1CCCN(C)CC1C)OC. The summed E-state index contributed by atoms with van der Waals surface area (Å²) in [4.78, 5) is 4.83. The molecule has 0 spiro atoms. The zero-order valence-corrected chi connectivity index (χ0v) is 10.4. The second-order valence-corrected chi connectivity index (χ2v) is 4.36. The van der Waals surface area contributed by atoms with Crippen LogP contribution >= 0.6 is 0 Å². The van der Waals surface area contributed by atoms with Crippen LogP contribution in [0.25, 0.3) is 0 Å². The van der Waals surface area contributed by atoms with Crippen LogP contribution < -0.4 is 0 Å². The van der Waals surface area contributed by atoms with E-state index in [0.717, 1.165) is 19.6 Å². The Morgan fingerprint density at radius 2 is 1.93 bits per heavy atom. The zero-order valence-electron chi connectivity index (χ0n) is 10.4. The molecule has 1 rings (SSSR count). The minimum Gasteiger partial charge on any atom is -0.355 e. The Morgan fingerprint density at radius 1 is 1.27 bits per heavy atom. The number of hydrogen-bond donors (Lipinski definition) is 0. The first-order valence-electron chi connectivity index (χ1n) is 5.65. The van der Waals surface area contributed by atoms with Gasteiger partial charge in [0.2, 0.25) is 0 Å². The summed E-state index contributed by atoms with van der Waals surface area (Å²) in [5.41, 5.74) is 0. The van der Waals surface area contributed by atoms with E-state index in [1.807, 2.05) is 0 Å². The molecular weight excluding hydrogens is 192 g/mol. The van der Waals surface area contributed by atoms with Gasteiger partial charge in [0, 0.05) is 33.4 Å². The first kappa shape index (κ1) is 12.9. The molecule has 0 aliphatic carbocycles. The summed E-state index contributed by atoms with van der Waals surface area (Å²) in [7, 11) is 5.58. The number of ether oxygens (including phenoxy) is 2. The second kappa shape index (κ2) is 6.43. The van der Waals surface area contributed by atoms with Crippen molar-refractivity contribution < 1.29 is 9.47 Å². The predicted molar refractivity (Wildman–Crippen MR) is 61.0 cm³/mol.